The minimum absolute atomic E-state index is 0. The van der Waals surface area contributed by atoms with Crippen molar-refractivity contribution < 1.29 is 15.0 Å². The number of nitrogens with one attached hydrogen (secondary N) is 1. The molecule has 0 unspecified atom stereocenters. The van der Waals surface area contributed by atoms with Crippen molar-refractivity contribution in [1.29, 1.82) is 0 Å². The maximum Gasteiger partial charge on any atom is 0.317 e. The lowest BCUT2D eigenvalue weighted by atomic mass is 10.2. The molecule has 78 valence electrons. The van der Waals surface area contributed by atoms with Crippen LogP contribution in [0.4, 0.5) is 0 Å². The van der Waals surface area contributed by atoms with Crippen LogP contribution in [0.25, 0.3) is 0 Å². The van der Waals surface area contributed by atoms with Gasteiger partial charge in [0, 0.05) is 12.1 Å². The molecule has 0 saturated heterocycles. The smallest absolute Gasteiger partial charge is 0.317 e. The zero-order valence-electron chi connectivity index (χ0n) is 7.43. The molecule has 0 bridgehead atoms. The standard InChI is InChI=1S/C9H11NO3.ClH/c11-8-4-2-1-3-7(8)5-10-6-9(12)13;/h1-4,10-11H,5-6H2,(H,12,13);1H. The van der Waals surface area contributed by atoms with Crippen molar-refractivity contribution in [3.8, 4) is 5.75 Å². The van der Waals surface area contributed by atoms with E-state index in [2.05, 4.69) is 5.32 Å². The van der Waals surface area contributed by atoms with E-state index < -0.39 is 5.97 Å². The Hall–Kier alpha value is -1.26. The summed E-state index contributed by atoms with van der Waals surface area (Å²) in [4.78, 5) is 10.1. The maximum atomic E-state index is 10.1. The number of aromatic hydroxyl groups is 1. The Labute approximate surface area is 88.0 Å². The van der Waals surface area contributed by atoms with Crippen LogP contribution in [0.1, 0.15) is 5.56 Å². The van der Waals surface area contributed by atoms with Crippen LogP contribution in [0, 0.1) is 0 Å². The molecule has 0 aliphatic heterocycles. The van der Waals surface area contributed by atoms with Crippen molar-refractivity contribution in [2.24, 2.45) is 0 Å². The summed E-state index contributed by atoms with van der Waals surface area (Å²) in [5.74, 6) is -0.726. The minimum Gasteiger partial charge on any atom is -0.508 e. The Morgan fingerprint density at radius 2 is 2.00 bits per heavy atom. The number of benzene rings is 1. The molecule has 0 aliphatic carbocycles. The fourth-order valence-corrected chi connectivity index (χ4v) is 0.964. The van der Waals surface area contributed by atoms with E-state index in [0.29, 0.717) is 12.1 Å². The van der Waals surface area contributed by atoms with E-state index >= 15 is 0 Å². The van der Waals surface area contributed by atoms with E-state index in [4.69, 9.17) is 5.11 Å². The van der Waals surface area contributed by atoms with Crippen LogP contribution in [0.2, 0.25) is 0 Å². The van der Waals surface area contributed by atoms with Gasteiger partial charge < -0.3 is 15.5 Å². The first-order chi connectivity index (χ1) is 6.20. The molecular weight excluding hydrogens is 206 g/mol. The summed E-state index contributed by atoms with van der Waals surface area (Å²) >= 11 is 0. The van der Waals surface area contributed by atoms with Gasteiger partial charge in [-0.1, -0.05) is 18.2 Å². The van der Waals surface area contributed by atoms with Gasteiger partial charge in [0.15, 0.2) is 0 Å². The highest BCUT2D eigenvalue weighted by Crippen LogP contribution is 2.14. The van der Waals surface area contributed by atoms with Crippen LogP contribution in [0.3, 0.4) is 0 Å². The van der Waals surface area contributed by atoms with Gasteiger partial charge in [-0.15, -0.1) is 12.4 Å². The Balaban J connectivity index is 0.00000169. The first-order valence-corrected chi connectivity index (χ1v) is 3.89. The van der Waals surface area contributed by atoms with Gasteiger partial charge >= 0.3 is 5.97 Å². The zero-order valence-corrected chi connectivity index (χ0v) is 8.25. The maximum absolute atomic E-state index is 10.1. The molecule has 0 saturated carbocycles. The van der Waals surface area contributed by atoms with E-state index in [0.717, 1.165) is 0 Å². The third kappa shape index (κ3) is 4.11. The van der Waals surface area contributed by atoms with Crippen LogP contribution in [0.15, 0.2) is 24.3 Å². The van der Waals surface area contributed by atoms with Crippen LogP contribution < -0.4 is 5.32 Å². The molecule has 14 heavy (non-hydrogen) atoms. The Bertz CT molecular complexity index is 304. The topological polar surface area (TPSA) is 69.6 Å². The van der Waals surface area contributed by atoms with Crippen molar-refractivity contribution >= 4 is 18.4 Å². The van der Waals surface area contributed by atoms with Crippen molar-refractivity contribution in [3.63, 3.8) is 0 Å². The zero-order chi connectivity index (χ0) is 9.68. The molecule has 0 heterocycles. The number of phenols is 1. The van der Waals surface area contributed by atoms with E-state index in [1.54, 1.807) is 24.3 Å². The SMILES string of the molecule is Cl.O=C(O)CNCc1ccccc1O. The Morgan fingerprint density at radius 1 is 1.36 bits per heavy atom. The number of carbonyl (C=O) groups is 1. The van der Waals surface area contributed by atoms with Gasteiger partial charge in [0.2, 0.25) is 0 Å². The average Bonchev–Trinajstić information content (AvgIpc) is 2.08. The predicted molar refractivity (Wildman–Crippen MR) is 54.7 cm³/mol. The first-order valence-electron chi connectivity index (χ1n) is 3.89. The quantitative estimate of drug-likeness (QED) is 0.704. The Kier molecular flexibility index (Phi) is 5.67. The Morgan fingerprint density at radius 3 is 2.57 bits per heavy atom. The molecular formula is C9H12ClNO3. The fraction of sp³-hybridized carbons (Fsp3) is 0.222. The van der Waals surface area contributed by atoms with Crippen molar-refractivity contribution in [2.75, 3.05) is 6.54 Å². The van der Waals surface area contributed by atoms with Crippen LogP contribution >= 0.6 is 12.4 Å². The number of para-hydroxylation sites is 1. The molecule has 0 fully saturated rings. The van der Waals surface area contributed by atoms with Gasteiger partial charge in [0.25, 0.3) is 0 Å². The van der Waals surface area contributed by atoms with Crippen molar-refractivity contribution in [2.45, 2.75) is 6.54 Å². The normalized spacial score (nSPS) is 9.14. The fourth-order valence-electron chi connectivity index (χ4n) is 0.964. The van der Waals surface area contributed by atoms with Crippen molar-refractivity contribution in [1.82, 2.24) is 5.32 Å². The lowest BCUT2D eigenvalue weighted by Gasteiger charge is -2.03. The highest BCUT2D eigenvalue weighted by molar-refractivity contribution is 5.85. The second kappa shape index (κ2) is 6.23. The molecule has 1 rings (SSSR count). The molecule has 0 aromatic heterocycles. The summed E-state index contributed by atoms with van der Waals surface area (Å²) < 4.78 is 0. The van der Waals surface area contributed by atoms with E-state index in [-0.39, 0.29) is 24.7 Å². The third-order valence-corrected chi connectivity index (χ3v) is 1.58. The summed E-state index contributed by atoms with van der Waals surface area (Å²) in [5, 5.41) is 20.3. The summed E-state index contributed by atoms with van der Waals surface area (Å²) in [6.07, 6.45) is 0. The van der Waals surface area contributed by atoms with E-state index in [9.17, 15) is 9.90 Å². The summed E-state index contributed by atoms with van der Waals surface area (Å²) in [7, 11) is 0. The lowest BCUT2D eigenvalue weighted by molar-refractivity contribution is -0.136. The molecule has 5 heteroatoms. The number of hydrogen-bond donors (Lipinski definition) is 3. The third-order valence-electron chi connectivity index (χ3n) is 1.58. The number of carboxylic acid groups (broad SMARTS) is 1. The number of hydrogen-bond acceptors (Lipinski definition) is 3. The van der Waals surface area contributed by atoms with Gasteiger partial charge in [-0.3, -0.25) is 4.79 Å². The number of rotatable bonds is 4. The van der Waals surface area contributed by atoms with Gasteiger partial charge in [-0.05, 0) is 6.07 Å². The van der Waals surface area contributed by atoms with E-state index in [1.807, 2.05) is 0 Å². The number of aliphatic carboxylic acids is 1. The molecule has 3 N–H and O–H groups in total. The number of carboxylic acids is 1. The largest absolute Gasteiger partial charge is 0.508 e. The molecule has 0 amide bonds. The predicted octanol–water partition coefficient (Wildman–Crippen LogP) is 0.988. The van der Waals surface area contributed by atoms with E-state index in [1.165, 1.54) is 0 Å². The molecule has 1 aromatic carbocycles. The van der Waals surface area contributed by atoms with Gasteiger partial charge in [-0.2, -0.15) is 0 Å². The lowest BCUT2D eigenvalue weighted by Crippen LogP contribution is -2.21. The highest BCUT2D eigenvalue weighted by Gasteiger charge is 1.99. The molecule has 0 spiro atoms. The van der Waals surface area contributed by atoms with Gasteiger partial charge in [-0.25, -0.2) is 0 Å². The first kappa shape index (κ1) is 12.7. The number of halogens is 1. The van der Waals surface area contributed by atoms with Crippen LogP contribution in [-0.4, -0.2) is 22.7 Å². The monoisotopic (exact) mass is 217 g/mol. The molecule has 1 aromatic rings. The molecule has 0 radical (unpaired) electrons. The average molecular weight is 218 g/mol. The van der Waals surface area contributed by atoms with Crippen molar-refractivity contribution in [3.05, 3.63) is 29.8 Å². The second-order valence-corrected chi connectivity index (χ2v) is 2.63. The van der Waals surface area contributed by atoms with Gasteiger partial charge in [0.1, 0.15) is 5.75 Å². The highest BCUT2D eigenvalue weighted by atomic mass is 35.5. The molecule has 4 nitrogen and oxygen atoms in total. The molecule has 0 atom stereocenters. The summed E-state index contributed by atoms with van der Waals surface area (Å²) in [5.41, 5.74) is 0.698. The summed E-state index contributed by atoms with van der Waals surface area (Å²) in [6, 6.07) is 6.81. The number of phenolic OH excluding ortho intramolecular Hbond substituents is 1. The minimum atomic E-state index is -0.907. The van der Waals surface area contributed by atoms with Crippen LogP contribution in [0.5, 0.6) is 5.75 Å². The molecule has 0 aliphatic rings. The van der Waals surface area contributed by atoms with Gasteiger partial charge in [0.05, 0.1) is 6.54 Å². The summed E-state index contributed by atoms with van der Waals surface area (Å²) in [6.45, 7) is 0.257. The van der Waals surface area contributed by atoms with Crippen LogP contribution in [-0.2, 0) is 11.3 Å². The second-order valence-electron chi connectivity index (χ2n) is 2.63.